The van der Waals surface area contributed by atoms with Crippen molar-refractivity contribution >= 4 is 22.7 Å². The highest BCUT2D eigenvalue weighted by molar-refractivity contribution is 5.81. The zero-order valence-electron chi connectivity index (χ0n) is 20.5. The molecule has 36 heavy (non-hydrogen) atoms. The largest absolute Gasteiger partial charge is 0.497 e. The van der Waals surface area contributed by atoms with E-state index in [0.717, 1.165) is 39.6 Å². The van der Waals surface area contributed by atoms with E-state index < -0.39 is 0 Å². The van der Waals surface area contributed by atoms with E-state index in [9.17, 15) is 0 Å². The average Bonchev–Trinajstić information content (AvgIpc) is 3.36. The second-order valence-corrected chi connectivity index (χ2v) is 8.36. The van der Waals surface area contributed by atoms with E-state index >= 15 is 0 Å². The van der Waals surface area contributed by atoms with Crippen LogP contribution in [0.25, 0.3) is 16.9 Å². The van der Waals surface area contributed by atoms with Crippen LogP contribution in [-0.4, -0.2) is 33.7 Å². The lowest BCUT2D eigenvalue weighted by Gasteiger charge is -2.14. The number of anilines is 2. The highest BCUT2D eigenvalue weighted by Gasteiger charge is 2.11. The average molecular weight is 481 g/mol. The molecule has 0 bridgehead atoms. The normalized spacial score (nSPS) is 11.8. The van der Waals surface area contributed by atoms with Gasteiger partial charge in [-0.2, -0.15) is 4.98 Å². The number of methoxy groups -OCH3 is 2. The molecule has 5 rings (SSSR count). The molecular formula is C28H28N6O2. The number of aromatic nitrogens is 4. The fraction of sp³-hybridized carbons (Fsp3) is 0.179. The van der Waals surface area contributed by atoms with Gasteiger partial charge in [-0.15, -0.1) is 0 Å². The second-order valence-electron chi connectivity index (χ2n) is 8.36. The van der Waals surface area contributed by atoms with E-state index in [0.29, 0.717) is 12.5 Å². The summed E-state index contributed by atoms with van der Waals surface area (Å²) in [4.78, 5) is 13.7. The molecule has 0 amide bonds. The fourth-order valence-corrected chi connectivity index (χ4v) is 4.07. The molecule has 0 unspecified atom stereocenters. The molecule has 0 radical (unpaired) electrons. The van der Waals surface area contributed by atoms with Gasteiger partial charge in [0.05, 0.1) is 31.3 Å². The van der Waals surface area contributed by atoms with Crippen LogP contribution in [0.3, 0.4) is 0 Å². The zero-order valence-corrected chi connectivity index (χ0v) is 20.5. The van der Waals surface area contributed by atoms with Crippen molar-refractivity contribution in [3.63, 3.8) is 0 Å². The molecule has 2 N–H and O–H groups in total. The van der Waals surface area contributed by atoms with Crippen LogP contribution in [0.2, 0.25) is 0 Å². The van der Waals surface area contributed by atoms with Crippen LogP contribution in [-0.2, 0) is 6.54 Å². The molecule has 8 heteroatoms. The van der Waals surface area contributed by atoms with Gasteiger partial charge in [-0.25, -0.2) is 9.97 Å². The van der Waals surface area contributed by atoms with Crippen LogP contribution >= 0.6 is 0 Å². The number of nitrogens with one attached hydrogen (secondary N) is 2. The molecule has 8 nitrogen and oxygen atoms in total. The molecule has 0 saturated heterocycles. The molecule has 0 fully saturated rings. The lowest BCUT2D eigenvalue weighted by molar-refractivity contribution is 0.391. The highest BCUT2D eigenvalue weighted by Crippen LogP contribution is 2.27. The minimum absolute atomic E-state index is 0.0824. The Kier molecular flexibility index (Phi) is 6.66. The predicted molar refractivity (Wildman–Crippen MR) is 142 cm³/mol. The van der Waals surface area contributed by atoms with Gasteiger partial charge in [-0.3, -0.25) is 4.57 Å². The third-order valence-electron chi connectivity index (χ3n) is 6.06. The fourth-order valence-electron chi connectivity index (χ4n) is 4.07. The molecule has 2 heterocycles. The maximum absolute atomic E-state index is 5.50. The molecule has 5 aromatic rings. The summed E-state index contributed by atoms with van der Waals surface area (Å²) in [5.41, 5.74) is 5.00. The molecule has 1 atom stereocenters. The molecule has 0 saturated carbocycles. The number of rotatable bonds is 9. The molecule has 0 aliphatic heterocycles. The van der Waals surface area contributed by atoms with Gasteiger partial charge in [0.1, 0.15) is 23.6 Å². The van der Waals surface area contributed by atoms with E-state index in [1.54, 1.807) is 26.7 Å². The minimum Gasteiger partial charge on any atom is -0.497 e. The second kappa shape index (κ2) is 10.4. The molecule has 0 aliphatic rings. The Morgan fingerprint density at radius 1 is 0.917 bits per heavy atom. The van der Waals surface area contributed by atoms with Gasteiger partial charge in [0, 0.05) is 30.1 Å². The number of ether oxygens (including phenoxy) is 2. The maximum atomic E-state index is 5.50. The van der Waals surface area contributed by atoms with Crippen molar-refractivity contribution in [2.24, 2.45) is 0 Å². The quantitative estimate of drug-likeness (QED) is 0.283. The summed E-state index contributed by atoms with van der Waals surface area (Å²) in [5, 5.41) is 6.84. The van der Waals surface area contributed by atoms with Crippen LogP contribution in [0.1, 0.15) is 24.1 Å². The number of imidazole rings is 1. The van der Waals surface area contributed by atoms with Gasteiger partial charge in [-0.05, 0) is 48.9 Å². The van der Waals surface area contributed by atoms with Gasteiger partial charge in [-0.1, -0.05) is 30.3 Å². The number of benzene rings is 3. The third kappa shape index (κ3) is 4.93. The first-order valence-electron chi connectivity index (χ1n) is 11.7. The summed E-state index contributed by atoms with van der Waals surface area (Å²) in [6.45, 7) is 2.70. The lowest BCUT2D eigenvalue weighted by atomic mass is 10.1. The number of hydrogen-bond acceptors (Lipinski definition) is 7. The van der Waals surface area contributed by atoms with Crippen molar-refractivity contribution in [2.75, 3.05) is 24.9 Å². The Morgan fingerprint density at radius 3 is 2.58 bits per heavy atom. The van der Waals surface area contributed by atoms with Crippen LogP contribution in [0.15, 0.2) is 85.3 Å². The van der Waals surface area contributed by atoms with Crippen LogP contribution in [0.4, 0.5) is 11.6 Å². The Balaban J connectivity index is 1.33. The van der Waals surface area contributed by atoms with Gasteiger partial charge < -0.3 is 20.1 Å². The lowest BCUT2D eigenvalue weighted by Crippen LogP contribution is -2.10. The molecule has 182 valence electrons. The minimum atomic E-state index is 0.0824. The first kappa shape index (κ1) is 23.2. The Labute approximate surface area is 210 Å². The summed E-state index contributed by atoms with van der Waals surface area (Å²) < 4.78 is 12.8. The number of fused-ring (bicyclic) bond motifs is 1. The van der Waals surface area contributed by atoms with E-state index in [-0.39, 0.29) is 6.04 Å². The summed E-state index contributed by atoms with van der Waals surface area (Å²) in [6.07, 6.45) is 3.54. The topological polar surface area (TPSA) is 86.1 Å². The highest BCUT2D eigenvalue weighted by atomic mass is 16.5. The molecule has 3 aromatic carbocycles. The summed E-state index contributed by atoms with van der Waals surface area (Å²) in [7, 11) is 3.30. The van der Waals surface area contributed by atoms with Gasteiger partial charge in [0.2, 0.25) is 5.95 Å². The summed E-state index contributed by atoms with van der Waals surface area (Å²) in [5.74, 6) is 2.86. The van der Waals surface area contributed by atoms with E-state index in [1.165, 1.54) is 5.56 Å². The van der Waals surface area contributed by atoms with Gasteiger partial charge in [0.25, 0.3) is 0 Å². The monoisotopic (exact) mass is 480 g/mol. The van der Waals surface area contributed by atoms with Gasteiger partial charge >= 0.3 is 0 Å². The summed E-state index contributed by atoms with van der Waals surface area (Å²) in [6, 6.07) is 24.1. The van der Waals surface area contributed by atoms with Crippen molar-refractivity contribution in [1.82, 2.24) is 19.5 Å². The SMILES string of the molecule is COc1ccc(CNc2ccc3c(c2)ncn3-c2ccnc(N[C@@H](C)c3ccccc3)n2)c(OC)c1. The van der Waals surface area contributed by atoms with Crippen molar-refractivity contribution in [3.8, 4) is 17.3 Å². The first-order chi connectivity index (χ1) is 17.6. The van der Waals surface area contributed by atoms with Gasteiger partial charge in [0.15, 0.2) is 0 Å². The number of hydrogen-bond donors (Lipinski definition) is 2. The Bertz CT molecular complexity index is 1470. The predicted octanol–water partition coefficient (Wildman–Crippen LogP) is 5.62. The van der Waals surface area contributed by atoms with Crippen molar-refractivity contribution in [1.29, 1.82) is 0 Å². The third-order valence-corrected chi connectivity index (χ3v) is 6.06. The van der Waals surface area contributed by atoms with Crippen LogP contribution < -0.4 is 20.1 Å². The zero-order chi connectivity index (χ0) is 24.9. The molecule has 0 aliphatic carbocycles. The van der Waals surface area contributed by atoms with Crippen LogP contribution in [0, 0.1) is 0 Å². The summed E-state index contributed by atoms with van der Waals surface area (Å²) >= 11 is 0. The van der Waals surface area contributed by atoms with Crippen molar-refractivity contribution in [3.05, 3.63) is 96.4 Å². The molecule has 2 aromatic heterocycles. The van der Waals surface area contributed by atoms with E-state index in [4.69, 9.17) is 14.5 Å². The molecular weight excluding hydrogens is 452 g/mol. The van der Waals surface area contributed by atoms with Crippen LogP contribution in [0.5, 0.6) is 11.5 Å². The Morgan fingerprint density at radius 2 is 1.78 bits per heavy atom. The van der Waals surface area contributed by atoms with Crippen molar-refractivity contribution in [2.45, 2.75) is 19.5 Å². The maximum Gasteiger partial charge on any atom is 0.225 e. The van der Waals surface area contributed by atoms with E-state index in [1.807, 2.05) is 65.2 Å². The van der Waals surface area contributed by atoms with E-state index in [2.05, 4.69) is 39.7 Å². The first-order valence-corrected chi connectivity index (χ1v) is 11.7. The van der Waals surface area contributed by atoms with Crippen molar-refractivity contribution < 1.29 is 9.47 Å². The smallest absolute Gasteiger partial charge is 0.225 e. The Hall–Kier alpha value is -4.59. The molecule has 0 spiro atoms. The standard InChI is InChI=1S/C28H28N6O2/c1-19(20-7-5-4-6-8-20)32-28-29-14-13-27(33-28)34-18-31-24-15-22(10-12-25(24)34)30-17-21-9-11-23(35-2)16-26(21)36-3/h4-16,18-19,30H,17H2,1-3H3,(H,29,32,33)/t19-/m0/s1. The number of nitrogens with zero attached hydrogens (tertiary/aromatic N) is 4.